The van der Waals surface area contributed by atoms with Crippen molar-refractivity contribution in [2.24, 2.45) is 5.73 Å². The topological polar surface area (TPSA) is 93.8 Å². The van der Waals surface area contributed by atoms with Crippen LogP contribution < -0.4 is 5.73 Å². The molecule has 9 nitrogen and oxygen atoms in total. The summed E-state index contributed by atoms with van der Waals surface area (Å²) in [6, 6.07) is 9.75. The Kier molecular flexibility index (Phi) is 10.8. The summed E-state index contributed by atoms with van der Waals surface area (Å²) in [7, 11) is 0. The zero-order valence-corrected chi connectivity index (χ0v) is 23.4. The minimum Gasteiger partial charge on any atom is -0.378 e. The second-order valence-corrected chi connectivity index (χ2v) is 10.8. The van der Waals surface area contributed by atoms with Gasteiger partial charge in [0.25, 0.3) is 0 Å². The molecule has 39 heavy (non-hydrogen) atoms. The van der Waals surface area contributed by atoms with Crippen molar-refractivity contribution < 1.29 is 14.2 Å². The molecule has 1 aliphatic heterocycles. The van der Waals surface area contributed by atoms with Crippen molar-refractivity contribution >= 4 is 11.0 Å². The van der Waals surface area contributed by atoms with Crippen LogP contribution in [-0.2, 0) is 20.8 Å². The lowest BCUT2D eigenvalue weighted by molar-refractivity contribution is 0.00886. The van der Waals surface area contributed by atoms with Gasteiger partial charge in [-0.15, -0.1) is 0 Å². The number of nitrogens with two attached hydrogens (primary N) is 1. The second kappa shape index (κ2) is 14.9. The van der Waals surface area contributed by atoms with Crippen LogP contribution in [0.4, 0.5) is 0 Å². The molecule has 1 aromatic carbocycles. The maximum absolute atomic E-state index is 5.74. The van der Waals surface area contributed by atoms with E-state index in [9.17, 15) is 0 Å². The second-order valence-electron chi connectivity index (χ2n) is 10.8. The molecule has 2 aliphatic rings. The van der Waals surface area contributed by atoms with Crippen LogP contribution in [0.25, 0.3) is 22.2 Å². The number of nitrogens with zero attached hydrogens (tertiary/aromatic N) is 4. The molecule has 5 rings (SSSR count). The number of fused-ring (bicyclic) bond motifs is 1. The van der Waals surface area contributed by atoms with E-state index in [0.717, 1.165) is 45.9 Å². The van der Waals surface area contributed by atoms with E-state index >= 15 is 0 Å². The maximum atomic E-state index is 5.74. The summed E-state index contributed by atoms with van der Waals surface area (Å²) in [5, 5.41) is 8.86. The molecule has 0 unspecified atom stereocenters. The van der Waals surface area contributed by atoms with Gasteiger partial charge in [-0.25, -0.2) is 0 Å². The fourth-order valence-corrected chi connectivity index (χ4v) is 5.86. The Hall–Kier alpha value is -2.27. The van der Waals surface area contributed by atoms with E-state index in [1.807, 2.05) is 6.20 Å². The first-order valence-corrected chi connectivity index (χ1v) is 14.8. The van der Waals surface area contributed by atoms with Gasteiger partial charge in [-0.3, -0.25) is 14.9 Å². The highest BCUT2D eigenvalue weighted by molar-refractivity contribution is 5.93. The van der Waals surface area contributed by atoms with Crippen molar-refractivity contribution in [3.05, 3.63) is 42.2 Å². The minimum absolute atomic E-state index is 0.552. The van der Waals surface area contributed by atoms with Gasteiger partial charge in [0.1, 0.15) is 5.65 Å². The van der Waals surface area contributed by atoms with Crippen LogP contribution >= 0.6 is 0 Å². The standard InChI is InChI=1S/C30H46N6O3/c31-10-16-37-18-20-39-21-19-38-17-15-34-11-13-35(14-12-34)23-25-6-8-26(9-7-25)29-24-36(27-4-2-1-3-5-27)30-28(29)22-32-33-30/h6-9,22,24,27H,1-5,10-21,23,31H2,(H,32,33). The predicted molar refractivity (Wildman–Crippen MR) is 155 cm³/mol. The lowest BCUT2D eigenvalue weighted by atomic mass is 9.95. The number of hydrogen-bond acceptors (Lipinski definition) is 7. The number of hydrogen-bond donors (Lipinski definition) is 2. The van der Waals surface area contributed by atoms with Crippen LogP contribution in [0.5, 0.6) is 0 Å². The first kappa shape index (κ1) is 28.3. The first-order chi connectivity index (χ1) is 19.3. The highest BCUT2D eigenvalue weighted by atomic mass is 16.5. The summed E-state index contributed by atoms with van der Waals surface area (Å²) >= 11 is 0. The molecule has 3 aromatic rings. The van der Waals surface area contributed by atoms with Gasteiger partial charge in [0.15, 0.2) is 0 Å². The normalized spacial score (nSPS) is 17.9. The predicted octanol–water partition coefficient (Wildman–Crippen LogP) is 3.66. The largest absolute Gasteiger partial charge is 0.378 e. The SMILES string of the molecule is NCCOCCOCCOCCN1CCN(Cc2ccc(-c3cn(C4CCCCC4)c4[nH]ncc34)cc2)CC1. The number of piperazine rings is 1. The van der Waals surface area contributed by atoms with Crippen molar-refractivity contribution in [1.29, 1.82) is 0 Å². The Morgan fingerprint density at radius 2 is 1.49 bits per heavy atom. The van der Waals surface area contributed by atoms with Crippen LogP contribution in [0, 0.1) is 0 Å². The molecule has 2 fully saturated rings. The van der Waals surface area contributed by atoms with Gasteiger partial charge in [0.2, 0.25) is 0 Å². The van der Waals surface area contributed by atoms with E-state index in [1.165, 1.54) is 59.8 Å². The van der Waals surface area contributed by atoms with E-state index in [1.54, 1.807) is 0 Å². The highest BCUT2D eigenvalue weighted by Crippen LogP contribution is 2.36. The van der Waals surface area contributed by atoms with Gasteiger partial charge >= 0.3 is 0 Å². The fourth-order valence-electron chi connectivity index (χ4n) is 5.86. The number of H-pyrrole nitrogens is 1. The van der Waals surface area contributed by atoms with Crippen molar-refractivity contribution in [2.45, 2.75) is 44.7 Å². The summed E-state index contributed by atoms with van der Waals surface area (Å²) < 4.78 is 19.0. The van der Waals surface area contributed by atoms with Gasteiger partial charge in [0.05, 0.1) is 45.8 Å². The smallest absolute Gasteiger partial charge is 0.136 e. The summed E-state index contributed by atoms with van der Waals surface area (Å²) in [6.07, 6.45) is 10.9. The van der Waals surface area contributed by atoms with Crippen LogP contribution in [0.1, 0.15) is 43.7 Å². The number of benzene rings is 1. The zero-order valence-electron chi connectivity index (χ0n) is 23.4. The Balaban J connectivity index is 1.02. The van der Waals surface area contributed by atoms with Crippen LogP contribution in [0.2, 0.25) is 0 Å². The van der Waals surface area contributed by atoms with Crippen LogP contribution in [0.15, 0.2) is 36.7 Å². The van der Waals surface area contributed by atoms with Crippen LogP contribution in [-0.4, -0.2) is 103 Å². The molecule has 0 spiro atoms. The van der Waals surface area contributed by atoms with Crippen molar-refractivity contribution in [3.8, 4) is 11.1 Å². The summed E-state index contributed by atoms with van der Waals surface area (Å²) in [6.45, 7) is 10.6. The molecule has 0 atom stereocenters. The molecule has 1 saturated heterocycles. The molecular formula is C30H46N6O3. The summed E-state index contributed by atoms with van der Waals surface area (Å²) in [4.78, 5) is 5.05. The minimum atomic E-state index is 0.552. The van der Waals surface area contributed by atoms with E-state index in [4.69, 9.17) is 19.9 Å². The van der Waals surface area contributed by atoms with Crippen molar-refractivity contribution in [3.63, 3.8) is 0 Å². The van der Waals surface area contributed by atoms with Gasteiger partial charge in [-0.2, -0.15) is 5.10 Å². The maximum Gasteiger partial charge on any atom is 0.136 e. The van der Waals surface area contributed by atoms with E-state index in [-0.39, 0.29) is 0 Å². The molecule has 3 heterocycles. The summed E-state index contributed by atoms with van der Waals surface area (Å²) in [5.41, 5.74) is 10.5. The number of ether oxygens (including phenoxy) is 3. The average molecular weight is 539 g/mol. The van der Waals surface area contributed by atoms with Gasteiger partial charge in [0, 0.05) is 69.0 Å². The highest BCUT2D eigenvalue weighted by Gasteiger charge is 2.21. The van der Waals surface area contributed by atoms with E-state index in [0.29, 0.717) is 45.6 Å². The third-order valence-corrected chi connectivity index (χ3v) is 8.10. The molecule has 2 aromatic heterocycles. The molecule has 1 saturated carbocycles. The van der Waals surface area contributed by atoms with Crippen molar-refractivity contribution in [2.75, 3.05) is 78.9 Å². The van der Waals surface area contributed by atoms with E-state index < -0.39 is 0 Å². The van der Waals surface area contributed by atoms with Crippen molar-refractivity contribution in [1.82, 2.24) is 24.6 Å². The first-order valence-electron chi connectivity index (χ1n) is 14.8. The molecule has 0 radical (unpaired) electrons. The molecule has 1 aliphatic carbocycles. The lowest BCUT2D eigenvalue weighted by Gasteiger charge is -2.34. The molecule has 0 bridgehead atoms. The third kappa shape index (κ3) is 7.90. The Morgan fingerprint density at radius 3 is 2.21 bits per heavy atom. The number of aromatic nitrogens is 3. The molecule has 0 amide bonds. The Bertz CT molecular complexity index is 1100. The Morgan fingerprint density at radius 1 is 0.821 bits per heavy atom. The number of rotatable bonds is 15. The molecule has 214 valence electrons. The lowest BCUT2D eigenvalue weighted by Crippen LogP contribution is -2.46. The van der Waals surface area contributed by atoms with Gasteiger partial charge < -0.3 is 24.5 Å². The summed E-state index contributed by atoms with van der Waals surface area (Å²) in [5.74, 6) is 0. The number of nitrogens with one attached hydrogen (secondary N) is 1. The van der Waals surface area contributed by atoms with E-state index in [2.05, 4.69) is 55.0 Å². The fraction of sp³-hybridized carbons (Fsp3) is 0.633. The average Bonchev–Trinajstić information content (AvgIpc) is 3.59. The number of aromatic amines is 1. The van der Waals surface area contributed by atoms with Gasteiger partial charge in [-0.05, 0) is 24.0 Å². The molecule has 3 N–H and O–H groups in total. The molecular weight excluding hydrogens is 492 g/mol. The van der Waals surface area contributed by atoms with Gasteiger partial charge in [-0.1, -0.05) is 43.5 Å². The van der Waals surface area contributed by atoms with Crippen LogP contribution in [0.3, 0.4) is 0 Å². The zero-order chi connectivity index (χ0) is 26.7. The Labute approximate surface area is 232 Å². The quantitative estimate of drug-likeness (QED) is 0.285. The molecule has 9 heteroatoms. The monoisotopic (exact) mass is 538 g/mol. The third-order valence-electron chi connectivity index (χ3n) is 8.10.